The first kappa shape index (κ1) is 15.5. The topological polar surface area (TPSA) is 26.3 Å². The van der Waals surface area contributed by atoms with Crippen LogP contribution in [-0.2, 0) is 9.53 Å². The number of carbonyl (C=O) groups is 1. The zero-order chi connectivity index (χ0) is 13.0. The van der Waals surface area contributed by atoms with Gasteiger partial charge >= 0.3 is 5.97 Å². The molecule has 0 aliphatic rings. The van der Waals surface area contributed by atoms with Gasteiger partial charge in [-0.05, 0) is 39.0 Å². The predicted octanol–water partition coefficient (Wildman–Crippen LogP) is 3.93. The molecule has 0 heterocycles. The van der Waals surface area contributed by atoms with Crippen LogP contribution < -0.4 is 0 Å². The molecule has 0 fully saturated rings. The summed E-state index contributed by atoms with van der Waals surface area (Å²) in [5.41, 5.74) is 0.510. The SMILES string of the molecule is C=C(C)C(=O)OCCC(C)(C)CC(C)(C)Cl. The second kappa shape index (κ2) is 5.72. The van der Waals surface area contributed by atoms with Crippen molar-refractivity contribution in [2.75, 3.05) is 6.61 Å². The maximum absolute atomic E-state index is 11.2. The Morgan fingerprint density at radius 1 is 1.31 bits per heavy atom. The van der Waals surface area contributed by atoms with E-state index in [0.717, 1.165) is 12.8 Å². The average molecular weight is 247 g/mol. The maximum atomic E-state index is 11.2. The first-order valence-corrected chi connectivity index (χ1v) is 5.93. The van der Waals surface area contributed by atoms with E-state index in [1.165, 1.54) is 0 Å². The van der Waals surface area contributed by atoms with E-state index in [0.29, 0.717) is 12.2 Å². The molecule has 0 radical (unpaired) electrons. The van der Waals surface area contributed by atoms with Gasteiger partial charge in [-0.25, -0.2) is 4.79 Å². The number of halogens is 1. The first-order valence-electron chi connectivity index (χ1n) is 5.55. The third-order valence-corrected chi connectivity index (χ3v) is 2.39. The molecule has 16 heavy (non-hydrogen) atoms. The van der Waals surface area contributed by atoms with Crippen molar-refractivity contribution in [1.82, 2.24) is 0 Å². The molecule has 0 aromatic heterocycles. The highest BCUT2D eigenvalue weighted by molar-refractivity contribution is 6.23. The van der Waals surface area contributed by atoms with Crippen molar-refractivity contribution in [1.29, 1.82) is 0 Å². The highest BCUT2D eigenvalue weighted by Crippen LogP contribution is 2.34. The Kier molecular flexibility index (Phi) is 5.54. The quantitative estimate of drug-likeness (QED) is 0.403. The minimum absolute atomic E-state index is 0.0700. The first-order chi connectivity index (χ1) is 7.03. The zero-order valence-corrected chi connectivity index (χ0v) is 11.8. The van der Waals surface area contributed by atoms with Gasteiger partial charge in [-0.15, -0.1) is 11.6 Å². The van der Waals surface area contributed by atoms with Crippen LogP contribution in [0.15, 0.2) is 12.2 Å². The van der Waals surface area contributed by atoms with Crippen LogP contribution in [0.2, 0.25) is 0 Å². The lowest BCUT2D eigenvalue weighted by molar-refractivity contribution is -0.139. The van der Waals surface area contributed by atoms with E-state index in [2.05, 4.69) is 20.4 Å². The van der Waals surface area contributed by atoms with Crippen molar-refractivity contribution in [2.45, 2.75) is 52.3 Å². The summed E-state index contributed by atoms with van der Waals surface area (Å²) in [6.45, 7) is 13.9. The molecule has 0 N–H and O–H groups in total. The molecule has 0 rings (SSSR count). The van der Waals surface area contributed by atoms with Gasteiger partial charge in [-0.1, -0.05) is 20.4 Å². The molecule has 0 saturated heterocycles. The predicted molar refractivity (Wildman–Crippen MR) is 68.7 cm³/mol. The molecule has 0 saturated carbocycles. The number of carbonyl (C=O) groups excluding carboxylic acids is 1. The molecule has 0 aromatic rings. The monoisotopic (exact) mass is 246 g/mol. The molecule has 0 aromatic carbocycles. The lowest BCUT2D eigenvalue weighted by atomic mass is 9.81. The van der Waals surface area contributed by atoms with E-state index < -0.39 is 0 Å². The van der Waals surface area contributed by atoms with Gasteiger partial charge in [0.1, 0.15) is 0 Å². The van der Waals surface area contributed by atoms with Crippen molar-refractivity contribution < 1.29 is 9.53 Å². The van der Waals surface area contributed by atoms with Crippen LogP contribution in [0.25, 0.3) is 0 Å². The van der Waals surface area contributed by atoms with Gasteiger partial charge in [-0.3, -0.25) is 0 Å². The van der Waals surface area contributed by atoms with E-state index in [1.54, 1.807) is 6.92 Å². The molecule has 0 bridgehead atoms. The van der Waals surface area contributed by atoms with Crippen molar-refractivity contribution in [3.8, 4) is 0 Å². The highest BCUT2D eigenvalue weighted by Gasteiger charge is 2.27. The van der Waals surface area contributed by atoms with Crippen LogP contribution in [0.3, 0.4) is 0 Å². The van der Waals surface area contributed by atoms with Gasteiger partial charge in [0.15, 0.2) is 0 Å². The van der Waals surface area contributed by atoms with Crippen molar-refractivity contribution in [2.24, 2.45) is 5.41 Å². The Morgan fingerprint density at radius 2 is 1.81 bits per heavy atom. The molecule has 3 heteroatoms. The van der Waals surface area contributed by atoms with Crippen LogP contribution in [0.4, 0.5) is 0 Å². The summed E-state index contributed by atoms with van der Waals surface area (Å²) in [4.78, 5) is 10.9. The average Bonchev–Trinajstić information content (AvgIpc) is 1.98. The van der Waals surface area contributed by atoms with Gasteiger partial charge in [0, 0.05) is 10.4 Å². The lowest BCUT2D eigenvalue weighted by Crippen LogP contribution is -2.25. The smallest absolute Gasteiger partial charge is 0.333 e. The number of rotatable bonds is 6. The number of hydrogen-bond acceptors (Lipinski definition) is 2. The van der Waals surface area contributed by atoms with E-state index >= 15 is 0 Å². The second-order valence-electron chi connectivity index (χ2n) is 5.73. The second-order valence-corrected chi connectivity index (χ2v) is 6.75. The van der Waals surface area contributed by atoms with Crippen molar-refractivity contribution in [3.05, 3.63) is 12.2 Å². The Balaban J connectivity index is 4.01. The zero-order valence-electron chi connectivity index (χ0n) is 11.0. The molecule has 0 amide bonds. The van der Waals surface area contributed by atoms with Crippen LogP contribution in [0, 0.1) is 5.41 Å². The summed E-state index contributed by atoms with van der Waals surface area (Å²) in [6.07, 6.45) is 1.69. The molecule has 0 spiro atoms. The normalized spacial score (nSPS) is 12.4. The standard InChI is InChI=1S/C13H23ClO2/c1-10(2)11(15)16-8-7-12(3,4)9-13(5,6)14/h1,7-9H2,2-6H3. The fourth-order valence-electron chi connectivity index (χ4n) is 1.77. The van der Waals surface area contributed by atoms with Gasteiger partial charge in [0.2, 0.25) is 0 Å². The molecular formula is C13H23ClO2. The molecule has 0 aliphatic carbocycles. The Hall–Kier alpha value is -0.500. The molecular weight excluding hydrogens is 224 g/mol. The molecule has 0 atom stereocenters. The fourth-order valence-corrected chi connectivity index (χ4v) is 2.13. The summed E-state index contributed by atoms with van der Waals surface area (Å²) >= 11 is 6.19. The minimum atomic E-state index is -0.319. The Morgan fingerprint density at radius 3 is 2.19 bits per heavy atom. The van der Waals surface area contributed by atoms with E-state index in [-0.39, 0.29) is 16.3 Å². The number of esters is 1. The number of ether oxygens (including phenoxy) is 1. The fraction of sp³-hybridized carbons (Fsp3) is 0.769. The molecule has 0 aliphatic heterocycles. The van der Waals surface area contributed by atoms with Crippen LogP contribution in [0.1, 0.15) is 47.5 Å². The molecule has 2 nitrogen and oxygen atoms in total. The van der Waals surface area contributed by atoms with E-state index in [4.69, 9.17) is 16.3 Å². The van der Waals surface area contributed by atoms with Gasteiger partial charge < -0.3 is 4.74 Å². The van der Waals surface area contributed by atoms with E-state index in [9.17, 15) is 4.79 Å². The third kappa shape index (κ3) is 7.75. The van der Waals surface area contributed by atoms with Crippen molar-refractivity contribution >= 4 is 17.6 Å². The van der Waals surface area contributed by atoms with Gasteiger partial charge in [-0.2, -0.15) is 0 Å². The van der Waals surface area contributed by atoms with Gasteiger partial charge in [0.25, 0.3) is 0 Å². The summed E-state index contributed by atoms with van der Waals surface area (Å²) in [5.74, 6) is -0.319. The Bertz CT molecular complexity index is 262. The summed E-state index contributed by atoms with van der Waals surface area (Å²) in [5, 5.41) is 0. The summed E-state index contributed by atoms with van der Waals surface area (Å²) in [6, 6.07) is 0. The Labute approximate surface area is 104 Å². The number of hydrogen-bond donors (Lipinski definition) is 0. The lowest BCUT2D eigenvalue weighted by Gasteiger charge is -2.30. The van der Waals surface area contributed by atoms with Crippen LogP contribution in [0.5, 0.6) is 0 Å². The maximum Gasteiger partial charge on any atom is 0.333 e. The van der Waals surface area contributed by atoms with Crippen molar-refractivity contribution in [3.63, 3.8) is 0 Å². The third-order valence-electron chi connectivity index (χ3n) is 2.26. The molecule has 0 unspecified atom stereocenters. The highest BCUT2D eigenvalue weighted by atomic mass is 35.5. The summed E-state index contributed by atoms with van der Waals surface area (Å²) in [7, 11) is 0. The molecule has 94 valence electrons. The van der Waals surface area contributed by atoms with Crippen LogP contribution in [-0.4, -0.2) is 17.5 Å². The van der Waals surface area contributed by atoms with E-state index in [1.807, 2.05) is 13.8 Å². The van der Waals surface area contributed by atoms with Gasteiger partial charge in [0.05, 0.1) is 6.61 Å². The largest absolute Gasteiger partial charge is 0.462 e. The van der Waals surface area contributed by atoms with Crippen LogP contribution >= 0.6 is 11.6 Å². The summed E-state index contributed by atoms with van der Waals surface area (Å²) < 4.78 is 5.07. The number of alkyl halides is 1. The minimum Gasteiger partial charge on any atom is -0.462 e.